The first kappa shape index (κ1) is 56.2. The molecule has 0 aliphatic heterocycles. The molecule has 0 spiro atoms. The zero-order valence-corrected chi connectivity index (χ0v) is 48.0. The van der Waals surface area contributed by atoms with Crippen LogP contribution in [0.3, 0.4) is 0 Å². The van der Waals surface area contributed by atoms with Crippen molar-refractivity contribution in [3.63, 3.8) is 0 Å². The van der Waals surface area contributed by atoms with Crippen LogP contribution in [0.1, 0.15) is 1.43 Å². The van der Waals surface area contributed by atoms with E-state index < -0.39 is 31.7 Å². The van der Waals surface area contributed by atoms with E-state index in [0.717, 1.165) is 0 Å². The summed E-state index contributed by atoms with van der Waals surface area (Å²) in [5.41, 5.74) is 0. The molecule has 0 saturated heterocycles. The first-order valence-corrected chi connectivity index (χ1v) is 31.0. The standard InChI is InChI=1S/4C18H15P.Rh.H/c4*1-4-10-16(11-5-1)19(17-12-6-2-7-13-17)18-14-8-3-9-15-18;;/h4*1-15H;;/q;;;;+1;-1. The Labute approximate surface area is 476 Å². The van der Waals surface area contributed by atoms with Crippen LogP contribution in [0.4, 0.5) is 0 Å². The Kier molecular flexibility index (Phi) is 22.8. The molecular weight excluding hydrogens is 1090 g/mol. The van der Waals surface area contributed by atoms with Crippen LogP contribution in [0.15, 0.2) is 364 Å². The van der Waals surface area contributed by atoms with Gasteiger partial charge in [-0.15, -0.1) is 0 Å². The topological polar surface area (TPSA) is 0 Å². The second-order valence-electron chi connectivity index (χ2n) is 17.4. The second-order valence-corrected chi connectivity index (χ2v) is 26.2. The molecule has 0 amide bonds. The van der Waals surface area contributed by atoms with Gasteiger partial charge in [-0.05, 0) is 95.3 Å². The van der Waals surface area contributed by atoms with Gasteiger partial charge in [-0.25, -0.2) is 0 Å². The van der Waals surface area contributed by atoms with Crippen molar-refractivity contribution in [2.75, 3.05) is 0 Å². The van der Waals surface area contributed by atoms with E-state index in [-0.39, 0.29) is 20.9 Å². The van der Waals surface area contributed by atoms with Gasteiger partial charge in [-0.1, -0.05) is 364 Å². The van der Waals surface area contributed by atoms with Crippen LogP contribution < -0.4 is 63.7 Å². The Hall–Kier alpha value is -7.02. The van der Waals surface area contributed by atoms with E-state index in [2.05, 4.69) is 364 Å². The van der Waals surface area contributed by atoms with Gasteiger partial charge in [-0.3, -0.25) is 0 Å². The molecule has 0 nitrogen and oxygen atoms in total. The molecule has 0 aliphatic carbocycles. The van der Waals surface area contributed by atoms with Crippen LogP contribution >= 0.6 is 31.7 Å². The summed E-state index contributed by atoms with van der Waals surface area (Å²) >= 11 is 0. The summed E-state index contributed by atoms with van der Waals surface area (Å²) < 4.78 is 0. The molecule has 5 heteroatoms. The van der Waals surface area contributed by atoms with Crippen molar-refractivity contribution >= 4 is 95.3 Å². The number of benzene rings is 12. The first-order valence-electron chi connectivity index (χ1n) is 25.6. The van der Waals surface area contributed by atoms with Gasteiger partial charge in [0.2, 0.25) is 0 Å². The molecule has 0 fully saturated rings. The molecule has 0 bridgehead atoms. The van der Waals surface area contributed by atoms with Crippen molar-refractivity contribution < 1.29 is 20.9 Å². The summed E-state index contributed by atoms with van der Waals surface area (Å²) in [7, 11) is -1.78. The zero-order valence-electron chi connectivity index (χ0n) is 43.8. The molecule has 0 aliphatic rings. The molecule has 0 heterocycles. The maximum Gasteiger partial charge on any atom is 1.00 e. The zero-order chi connectivity index (χ0) is 51.7. The summed E-state index contributed by atoms with van der Waals surface area (Å²) in [6, 6.07) is 129. The summed E-state index contributed by atoms with van der Waals surface area (Å²) in [6.45, 7) is 0. The van der Waals surface area contributed by atoms with Gasteiger partial charge < -0.3 is 1.43 Å². The average Bonchev–Trinajstić information content (AvgIpc) is 3.51. The molecule has 0 saturated carbocycles. The van der Waals surface area contributed by atoms with Crippen molar-refractivity contribution in [2.24, 2.45) is 0 Å². The third-order valence-corrected chi connectivity index (χ3v) is 21.9. The first-order chi connectivity index (χ1) is 37.8. The summed E-state index contributed by atoms with van der Waals surface area (Å²) in [5.74, 6) is 0. The molecular formula is C72H61P4Rh. The summed E-state index contributed by atoms with van der Waals surface area (Å²) in [5, 5.41) is 16.8. The smallest absolute Gasteiger partial charge is 1.00 e. The molecule has 12 aromatic rings. The van der Waals surface area contributed by atoms with E-state index in [1.165, 1.54) is 63.7 Å². The third kappa shape index (κ3) is 16.5. The van der Waals surface area contributed by atoms with E-state index in [9.17, 15) is 0 Å². The van der Waals surface area contributed by atoms with Crippen LogP contribution in [0.2, 0.25) is 0 Å². The normalized spacial score (nSPS) is 10.4. The van der Waals surface area contributed by atoms with Crippen molar-refractivity contribution in [2.45, 2.75) is 0 Å². The monoisotopic (exact) mass is 1150 g/mol. The fourth-order valence-corrected chi connectivity index (χ4v) is 17.9. The summed E-state index contributed by atoms with van der Waals surface area (Å²) in [6.07, 6.45) is 0. The molecule has 12 aromatic carbocycles. The maximum atomic E-state index is 2.23. The van der Waals surface area contributed by atoms with Crippen LogP contribution in [0.25, 0.3) is 0 Å². The molecule has 378 valence electrons. The van der Waals surface area contributed by atoms with Gasteiger partial charge in [0.1, 0.15) is 0 Å². The Morgan fingerprint density at radius 3 is 0.247 bits per heavy atom. The fourth-order valence-electron chi connectivity index (χ4n) is 8.71. The van der Waals surface area contributed by atoms with Gasteiger partial charge in [0, 0.05) is 0 Å². The molecule has 0 radical (unpaired) electrons. The predicted molar refractivity (Wildman–Crippen MR) is 342 cm³/mol. The third-order valence-electron chi connectivity index (χ3n) is 12.2. The average molecular weight is 1150 g/mol. The molecule has 12 rings (SSSR count). The fraction of sp³-hybridized carbons (Fsp3) is 0. The van der Waals surface area contributed by atoms with Crippen molar-refractivity contribution in [1.29, 1.82) is 0 Å². The Bertz CT molecular complexity index is 2580. The van der Waals surface area contributed by atoms with Gasteiger partial charge in [0.05, 0.1) is 0 Å². The molecule has 0 aromatic heterocycles. The Morgan fingerprint density at radius 1 is 0.117 bits per heavy atom. The molecule has 77 heavy (non-hydrogen) atoms. The van der Waals surface area contributed by atoms with Gasteiger partial charge in [0.25, 0.3) is 0 Å². The van der Waals surface area contributed by atoms with Gasteiger partial charge in [0.15, 0.2) is 0 Å². The quantitative estimate of drug-likeness (QED) is 0.0845. The van der Waals surface area contributed by atoms with Crippen LogP contribution in [-0.4, -0.2) is 0 Å². The number of hydrogen-bond acceptors (Lipinski definition) is 0. The molecule has 0 N–H and O–H groups in total. The van der Waals surface area contributed by atoms with E-state index in [0.29, 0.717) is 0 Å². The maximum absolute atomic E-state index is 2.23. The molecule has 0 unspecified atom stereocenters. The largest absolute Gasteiger partial charge is 1.00 e. The number of hydrogen-bond donors (Lipinski definition) is 0. The van der Waals surface area contributed by atoms with E-state index in [4.69, 9.17) is 0 Å². The summed E-state index contributed by atoms with van der Waals surface area (Å²) in [4.78, 5) is 0. The van der Waals surface area contributed by atoms with Gasteiger partial charge >= 0.3 is 19.5 Å². The minimum atomic E-state index is -0.446. The van der Waals surface area contributed by atoms with Crippen molar-refractivity contribution in [3.05, 3.63) is 364 Å². The Morgan fingerprint density at radius 2 is 0.182 bits per heavy atom. The van der Waals surface area contributed by atoms with Crippen LogP contribution in [0, 0.1) is 0 Å². The van der Waals surface area contributed by atoms with Crippen molar-refractivity contribution in [3.8, 4) is 0 Å². The SMILES string of the molecule is [H-].[Rh+].c1ccc(P(c2ccccc2)c2ccccc2)cc1.c1ccc(P(c2ccccc2)c2ccccc2)cc1.c1ccc(P(c2ccccc2)c2ccccc2)cc1.c1ccc(P(c2ccccc2)c2ccccc2)cc1. The van der Waals surface area contributed by atoms with Crippen LogP contribution in [-0.2, 0) is 19.5 Å². The van der Waals surface area contributed by atoms with E-state index in [1.54, 1.807) is 0 Å². The van der Waals surface area contributed by atoms with Gasteiger partial charge in [-0.2, -0.15) is 0 Å². The minimum Gasteiger partial charge on any atom is -1.00 e. The number of rotatable bonds is 12. The van der Waals surface area contributed by atoms with Crippen LogP contribution in [0.5, 0.6) is 0 Å². The van der Waals surface area contributed by atoms with E-state index in [1.807, 2.05) is 0 Å². The second kappa shape index (κ2) is 31.3. The van der Waals surface area contributed by atoms with E-state index >= 15 is 0 Å². The Balaban J connectivity index is 0.000000149. The molecule has 0 atom stereocenters. The minimum absolute atomic E-state index is 0. The van der Waals surface area contributed by atoms with Crippen molar-refractivity contribution in [1.82, 2.24) is 0 Å². The predicted octanol–water partition coefficient (Wildman–Crippen LogP) is 13.9.